The lowest BCUT2D eigenvalue weighted by atomic mass is 10.4. The molecule has 0 atom stereocenters. The van der Waals surface area contributed by atoms with E-state index in [0.29, 0.717) is 31.9 Å². The van der Waals surface area contributed by atoms with E-state index in [0.717, 1.165) is 6.42 Å². The molecule has 8 heteroatoms. The number of ether oxygens (including phenoxy) is 1. The normalized spacial score (nSPS) is 11.5. The van der Waals surface area contributed by atoms with E-state index in [9.17, 15) is 8.42 Å². The van der Waals surface area contributed by atoms with Crippen LogP contribution in [0.4, 0.5) is 5.69 Å². The molecule has 0 aliphatic heterocycles. The maximum atomic E-state index is 12.0. The Kier molecular flexibility index (Phi) is 6.71. The van der Waals surface area contributed by atoms with E-state index in [1.807, 2.05) is 6.92 Å². The zero-order valence-electron chi connectivity index (χ0n) is 10.9. The van der Waals surface area contributed by atoms with Crippen molar-refractivity contribution in [3.05, 3.63) is 18.5 Å². The molecule has 7 nitrogen and oxygen atoms in total. The van der Waals surface area contributed by atoms with Gasteiger partial charge in [-0.15, -0.1) is 0 Å². The minimum Gasteiger partial charge on any atom is -0.381 e. The summed E-state index contributed by atoms with van der Waals surface area (Å²) in [5.74, 6) is 5.27. The van der Waals surface area contributed by atoms with E-state index < -0.39 is 10.0 Å². The van der Waals surface area contributed by atoms with Gasteiger partial charge in [0.15, 0.2) is 0 Å². The molecule has 0 aromatic carbocycles. The van der Waals surface area contributed by atoms with Gasteiger partial charge in [-0.3, -0.25) is 10.8 Å². The van der Waals surface area contributed by atoms with Crippen LogP contribution in [0.3, 0.4) is 0 Å². The summed E-state index contributed by atoms with van der Waals surface area (Å²) in [6.45, 7) is 3.55. The number of rotatable bonds is 9. The van der Waals surface area contributed by atoms with Gasteiger partial charge in [-0.05, 0) is 18.9 Å². The highest BCUT2D eigenvalue weighted by molar-refractivity contribution is 7.89. The Labute approximate surface area is 113 Å². The third-order valence-corrected chi connectivity index (χ3v) is 3.82. The molecule has 1 heterocycles. The molecule has 0 saturated heterocycles. The second-order valence-electron chi connectivity index (χ2n) is 3.88. The number of sulfonamides is 1. The SMILES string of the molecule is CCCOCCCNS(=O)(=O)c1cnccc1NN. The molecule has 0 fully saturated rings. The first-order chi connectivity index (χ1) is 9.11. The lowest BCUT2D eigenvalue weighted by molar-refractivity contribution is 0.133. The lowest BCUT2D eigenvalue weighted by Crippen LogP contribution is -2.27. The van der Waals surface area contributed by atoms with Crippen molar-refractivity contribution >= 4 is 15.7 Å². The predicted octanol–water partition coefficient (Wildman–Crippen LogP) is 0.462. The van der Waals surface area contributed by atoms with E-state index in [1.54, 1.807) is 0 Å². The number of nitrogen functional groups attached to an aromatic ring is 1. The summed E-state index contributed by atoms with van der Waals surface area (Å²) >= 11 is 0. The second kappa shape index (κ2) is 8.05. The van der Waals surface area contributed by atoms with Crippen molar-refractivity contribution in [1.29, 1.82) is 0 Å². The standard InChI is InChI=1S/C11H20N4O3S/c1-2-7-18-8-3-5-14-19(16,17)11-9-13-6-4-10(11)15-12/h4,6,9,14H,2-3,5,7-8,12H2,1H3,(H,13,15). The van der Waals surface area contributed by atoms with Crippen molar-refractivity contribution < 1.29 is 13.2 Å². The summed E-state index contributed by atoms with van der Waals surface area (Å²) in [4.78, 5) is 3.82. The molecule has 1 rings (SSSR count). The fourth-order valence-electron chi connectivity index (χ4n) is 1.42. The lowest BCUT2D eigenvalue weighted by Gasteiger charge is -2.10. The molecule has 1 aromatic rings. The van der Waals surface area contributed by atoms with E-state index in [-0.39, 0.29) is 4.90 Å². The maximum Gasteiger partial charge on any atom is 0.244 e. The molecular weight excluding hydrogens is 268 g/mol. The number of nitrogens with zero attached hydrogens (tertiary/aromatic N) is 1. The van der Waals surface area contributed by atoms with Gasteiger partial charge in [-0.1, -0.05) is 6.92 Å². The average Bonchev–Trinajstić information content (AvgIpc) is 2.42. The van der Waals surface area contributed by atoms with Crippen molar-refractivity contribution in [2.45, 2.75) is 24.7 Å². The van der Waals surface area contributed by atoms with Crippen LogP contribution in [0.1, 0.15) is 19.8 Å². The fraction of sp³-hybridized carbons (Fsp3) is 0.545. The van der Waals surface area contributed by atoms with Gasteiger partial charge < -0.3 is 10.2 Å². The predicted molar refractivity (Wildman–Crippen MR) is 73.0 cm³/mol. The van der Waals surface area contributed by atoms with Crippen LogP contribution in [0.5, 0.6) is 0 Å². The highest BCUT2D eigenvalue weighted by atomic mass is 32.2. The molecular formula is C11H20N4O3S. The fourth-order valence-corrected chi connectivity index (χ4v) is 2.60. The quantitative estimate of drug-likeness (QED) is 0.346. The first kappa shape index (κ1) is 15.8. The molecule has 108 valence electrons. The van der Waals surface area contributed by atoms with E-state index in [2.05, 4.69) is 15.1 Å². The zero-order chi connectivity index (χ0) is 14.1. The van der Waals surface area contributed by atoms with Crippen molar-refractivity contribution in [3.8, 4) is 0 Å². The van der Waals surface area contributed by atoms with Gasteiger partial charge in [0.05, 0.1) is 5.69 Å². The third-order valence-electron chi connectivity index (χ3n) is 2.34. The van der Waals surface area contributed by atoms with Crippen LogP contribution >= 0.6 is 0 Å². The number of hydrogen-bond acceptors (Lipinski definition) is 6. The van der Waals surface area contributed by atoms with Crippen LogP contribution in [0.25, 0.3) is 0 Å². The average molecular weight is 288 g/mol. The van der Waals surface area contributed by atoms with Crippen LogP contribution in [0.15, 0.2) is 23.4 Å². The van der Waals surface area contributed by atoms with Crippen molar-refractivity contribution in [2.75, 3.05) is 25.2 Å². The summed E-state index contributed by atoms with van der Waals surface area (Å²) < 4.78 is 31.8. The Morgan fingerprint density at radius 2 is 2.21 bits per heavy atom. The number of hydrogen-bond donors (Lipinski definition) is 3. The van der Waals surface area contributed by atoms with Crippen LogP contribution in [-0.4, -0.2) is 33.2 Å². The van der Waals surface area contributed by atoms with Crippen LogP contribution in [-0.2, 0) is 14.8 Å². The number of nitrogens with two attached hydrogens (primary N) is 1. The molecule has 1 aromatic heterocycles. The van der Waals surface area contributed by atoms with Crippen LogP contribution < -0.4 is 16.0 Å². The van der Waals surface area contributed by atoms with Crippen LogP contribution in [0.2, 0.25) is 0 Å². The summed E-state index contributed by atoms with van der Waals surface area (Å²) in [7, 11) is -3.61. The van der Waals surface area contributed by atoms with E-state index >= 15 is 0 Å². The van der Waals surface area contributed by atoms with Gasteiger partial charge in [-0.2, -0.15) is 0 Å². The Morgan fingerprint density at radius 3 is 2.89 bits per heavy atom. The second-order valence-corrected chi connectivity index (χ2v) is 5.62. The number of nitrogens with one attached hydrogen (secondary N) is 2. The molecule has 19 heavy (non-hydrogen) atoms. The highest BCUT2D eigenvalue weighted by Crippen LogP contribution is 2.17. The topological polar surface area (TPSA) is 106 Å². The Bertz CT molecular complexity index is 479. The maximum absolute atomic E-state index is 12.0. The Balaban J connectivity index is 2.52. The van der Waals surface area contributed by atoms with Gasteiger partial charge >= 0.3 is 0 Å². The van der Waals surface area contributed by atoms with Crippen molar-refractivity contribution in [3.63, 3.8) is 0 Å². The summed E-state index contributed by atoms with van der Waals surface area (Å²) in [5, 5.41) is 0. The number of anilines is 1. The van der Waals surface area contributed by atoms with E-state index in [1.165, 1.54) is 18.5 Å². The van der Waals surface area contributed by atoms with E-state index in [4.69, 9.17) is 10.6 Å². The van der Waals surface area contributed by atoms with Gasteiger partial charge in [0.2, 0.25) is 10.0 Å². The largest absolute Gasteiger partial charge is 0.381 e. The Hall–Kier alpha value is -1.22. The molecule has 0 radical (unpaired) electrons. The minimum absolute atomic E-state index is 0.0342. The molecule has 0 amide bonds. The van der Waals surface area contributed by atoms with Gasteiger partial charge in [0.1, 0.15) is 4.90 Å². The first-order valence-electron chi connectivity index (χ1n) is 6.10. The summed E-state index contributed by atoms with van der Waals surface area (Å²) in [6, 6.07) is 1.50. The monoisotopic (exact) mass is 288 g/mol. The highest BCUT2D eigenvalue weighted by Gasteiger charge is 2.17. The number of hydrazine groups is 1. The Morgan fingerprint density at radius 1 is 1.42 bits per heavy atom. The van der Waals surface area contributed by atoms with Crippen molar-refractivity contribution in [2.24, 2.45) is 5.84 Å². The molecule has 0 saturated carbocycles. The van der Waals surface area contributed by atoms with Crippen molar-refractivity contribution in [1.82, 2.24) is 9.71 Å². The molecule has 0 unspecified atom stereocenters. The van der Waals surface area contributed by atoms with Crippen LogP contribution in [0, 0.1) is 0 Å². The molecule has 0 spiro atoms. The number of pyridine rings is 1. The molecule has 4 N–H and O–H groups in total. The summed E-state index contributed by atoms with van der Waals surface area (Å²) in [5.41, 5.74) is 2.65. The summed E-state index contributed by atoms with van der Waals surface area (Å²) in [6.07, 6.45) is 4.29. The minimum atomic E-state index is -3.61. The zero-order valence-corrected chi connectivity index (χ0v) is 11.7. The smallest absolute Gasteiger partial charge is 0.244 e. The molecule has 0 aliphatic rings. The van der Waals surface area contributed by atoms with Gasteiger partial charge in [0.25, 0.3) is 0 Å². The number of aromatic nitrogens is 1. The third kappa shape index (κ3) is 5.11. The van der Waals surface area contributed by atoms with Gasteiger partial charge in [0, 0.05) is 32.2 Å². The molecule has 0 aliphatic carbocycles. The molecule has 0 bridgehead atoms. The van der Waals surface area contributed by atoms with Gasteiger partial charge in [-0.25, -0.2) is 13.1 Å². The first-order valence-corrected chi connectivity index (χ1v) is 7.58.